The lowest BCUT2D eigenvalue weighted by molar-refractivity contribution is -0.139. The molecule has 3 saturated carbocycles. The van der Waals surface area contributed by atoms with Gasteiger partial charge in [-0.25, -0.2) is 0 Å². The van der Waals surface area contributed by atoms with Gasteiger partial charge in [0.05, 0.1) is 17.5 Å². The Labute approximate surface area is 141 Å². The Balaban J connectivity index is 1.28. The van der Waals surface area contributed by atoms with Gasteiger partial charge in [0.15, 0.2) is 0 Å². The first-order valence-electron chi connectivity index (χ1n) is 9.04. The van der Waals surface area contributed by atoms with Crippen molar-refractivity contribution in [2.45, 2.75) is 63.1 Å². The maximum absolute atomic E-state index is 12.7. The summed E-state index contributed by atoms with van der Waals surface area (Å²) in [5.74, 6) is 0.952. The van der Waals surface area contributed by atoms with Crippen molar-refractivity contribution in [3.8, 4) is 6.07 Å². The number of hydrogen-bond donors (Lipinski definition) is 3. The average molecular weight is 328 g/mol. The molecule has 6 heteroatoms. The lowest BCUT2D eigenvalue weighted by Crippen LogP contribution is -2.65. The van der Waals surface area contributed by atoms with Gasteiger partial charge in [-0.05, 0) is 55.9 Å². The molecule has 2 aliphatic heterocycles. The highest BCUT2D eigenvalue weighted by Crippen LogP contribution is 2.63. The van der Waals surface area contributed by atoms with Crippen molar-refractivity contribution < 1.29 is 9.59 Å². The maximum atomic E-state index is 12.7. The third kappa shape index (κ3) is 1.69. The number of piperidine rings is 1. The highest BCUT2D eigenvalue weighted by atomic mass is 16.2. The highest BCUT2D eigenvalue weighted by Gasteiger charge is 2.70. The van der Waals surface area contributed by atoms with E-state index in [0.29, 0.717) is 24.7 Å². The van der Waals surface area contributed by atoms with Crippen LogP contribution in [0.4, 0.5) is 0 Å². The molecule has 2 spiro atoms. The monoisotopic (exact) mass is 328 g/mol. The van der Waals surface area contributed by atoms with Crippen molar-refractivity contribution in [1.82, 2.24) is 16.0 Å². The SMILES string of the molecule is CC1(C)[C@@H]2[C@@H](C(=O)NC3(C#N)CC4(C3)CC3(CC3)NC4=O)NC[C@@H]21. The zero-order valence-electron chi connectivity index (χ0n) is 14.2. The van der Waals surface area contributed by atoms with Crippen molar-refractivity contribution in [2.75, 3.05) is 6.54 Å². The molecule has 2 amide bonds. The van der Waals surface area contributed by atoms with Gasteiger partial charge in [0.25, 0.3) is 0 Å². The topological polar surface area (TPSA) is 94.0 Å². The number of nitrogens with zero attached hydrogens (tertiary/aromatic N) is 1. The van der Waals surface area contributed by atoms with Crippen LogP contribution in [0.3, 0.4) is 0 Å². The van der Waals surface area contributed by atoms with Crippen molar-refractivity contribution in [3.63, 3.8) is 0 Å². The van der Waals surface area contributed by atoms with Crippen LogP contribution in [0.1, 0.15) is 46.0 Å². The van der Waals surface area contributed by atoms with Crippen LogP contribution < -0.4 is 16.0 Å². The predicted molar refractivity (Wildman–Crippen MR) is 85.4 cm³/mol. The number of nitriles is 1. The Morgan fingerprint density at radius 3 is 2.50 bits per heavy atom. The highest BCUT2D eigenvalue weighted by molar-refractivity contribution is 5.90. The second kappa shape index (κ2) is 3.96. The minimum Gasteiger partial charge on any atom is -0.350 e. The minimum absolute atomic E-state index is 0.0149. The summed E-state index contributed by atoms with van der Waals surface area (Å²) in [6.07, 6.45) is 3.85. The van der Waals surface area contributed by atoms with E-state index < -0.39 is 11.0 Å². The van der Waals surface area contributed by atoms with E-state index in [0.717, 1.165) is 25.8 Å². The first-order chi connectivity index (χ1) is 11.2. The summed E-state index contributed by atoms with van der Waals surface area (Å²) in [5.41, 5.74) is -1.06. The number of hydrogen-bond acceptors (Lipinski definition) is 4. The number of carbonyl (C=O) groups excluding carboxylic acids is 2. The van der Waals surface area contributed by atoms with Gasteiger partial charge in [0.1, 0.15) is 5.54 Å². The first kappa shape index (κ1) is 14.7. The Morgan fingerprint density at radius 2 is 2.00 bits per heavy atom. The molecule has 2 saturated heterocycles. The quantitative estimate of drug-likeness (QED) is 0.686. The van der Waals surface area contributed by atoms with Crippen molar-refractivity contribution in [2.24, 2.45) is 22.7 Å². The van der Waals surface area contributed by atoms with Crippen LogP contribution in [0.5, 0.6) is 0 Å². The van der Waals surface area contributed by atoms with Crippen molar-refractivity contribution in [1.29, 1.82) is 5.26 Å². The molecule has 0 bridgehead atoms. The summed E-state index contributed by atoms with van der Waals surface area (Å²) in [6, 6.07) is 2.10. The van der Waals surface area contributed by atoms with E-state index in [1.807, 2.05) is 0 Å². The lowest BCUT2D eigenvalue weighted by atomic mass is 9.56. The largest absolute Gasteiger partial charge is 0.350 e. The van der Waals surface area contributed by atoms with Gasteiger partial charge < -0.3 is 16.0 Å². The van der Waals surface area contributed by atoms with E-state index in [-0.39, 0.29) is 28.8 Å². The smallest absolute Gasteiger partial charge is 0.238 e. The second-order valence-electron chi connectivity index (χ2n) is 9.57. The molecule has 6 nitrogen and oxygen atoms in total. The molecular weight excluding hydrogens is 304 g/mol. The number of nitrogens with one attached hydrogen (secondary N) is 3. The predicted octanol–water partition coefficient (Wildman–Crippen LogP) is 0.442. The van der Waals surface area contributed by atoms with Crippen LogP contribution in [0.25, 0.3) is 0 Å². The zero-order valence-corrected chi connectivity index (χ0v) is 14.2. The molecule has 0 unspecified atom stereocenters. The van der Waals surface area contributed by atoms with Gasteiger partial charge in [0, 0.05) is 5.54 Å². The average Bonchev–Trinajstić information content (AvgIpc) is 3.19. The van der Waals surface area contributed by atoms with Crippen LogP contribution in [0.2, 0.25) is 0 Å². The maximum Gasteiger partial charge on any atom is 0.238 e. The third-order valence-electron chi connectivity index (χ3n) is 7.59. The molecule has 3 atom stereocenters. The van der Waals surface area contributed by atoms with E-state index in [1.54, 1.807) is 0 Å². The fourth-order valence-corrected chi connectivity index (χ4v) is 5.97. The van der Waals surface area contributed by atoms with Gasteiger partial charge in [0.2, 0.25) is 11.8 Å². The van der Waals surface area contributed by atoms with Crippen LogP contribution in [0.15, 0.2) is 0 Å². The standard InChI is InChI=1S/C18H24N4O2/c1-15(2)10-5-20-12(11(10)15)13(23)21-18(9-19)7-16(8-18)6-17(3-4-17)22-14(16)24/h10-12,20H,3-8H2,1-2H3,(H,21,23)(H,22,24)/t10-,11-,12-,16?,18?/m0/s1. The number of amides is 2. The van der Waals surface area contributed by atoms with Crippen LogP contribution in [-0.4, -0.2) is 35.5 Å². The molecule has 0 aromatic heterocycles. The fourth-order valence-electron chi connectivity index (χ4n) is 5.97. The number of carbonyl (C=O) groups is 2. The zero-order chi connectivity index (χ0) is 17.0. The van der Waals surface area contributed by atoms with Gasteiger partial charge in [-0.1, -0.05) is 13.8 Å². The molecule has 128 valence electrons. The second-order valence-corrected chi connectivity index (χ2v) is 9.57. The van der Waals surface area contributed by atoms with Crippen molar-refractivity contribution in [3.05, 3.63) is 0 Å². The van der Waals surface area contributed by atoms with E-state index in [1.165, 1.54) is 0 Å². The third-order valence-corrected chi connectivity index (χ3v) is 7.59. The van der Waals surface area contributed by atoms with Crippen molar-refractivity contribution >= 4 is 11.8 Å². The summed E-state index contributed by atoms with van der Waals surface area (Å²) in [4.78, 5) is 25.1. The normalized spacial score (nSPS) is 44.4. The first-order valence-corrected chi connectivity index (χ1v) is 9.04. The van der Waals surface area contributed by atoms with Gasteiger partial charge in [-0.3, -0.25) is 9.59 Å². The number of rotatable bonds is 2. The van der Waals surface area contributed by atoms with E-state index in [2.05, 4.69) is 35.9 Å². The van der Waals surface area contributed by atoms with Gasteiger partial charge >= 0.3 is 0 Å². The van der Waals surface area contributed by atoms with Crippen LogP contribution in [-0.2, 0) is 9.59 Å². The molecule has 5 aliphatic rings. The molecular formula is C18H24N4O2. The Kier molecular flexibility index (Phi) is 2.43. The molecule has 5 rings (SSSR count). The number of fused-ring (bicyclic) bond motifs is 1. The molecule has 3 aliphatic carbocycles. The Bertz CT molecular complexity index is 696. The molecule has 0 aromatic rings. The molecule has 3 N–H and O–H groups in total. The molecule has 0 aromatic carbocycles. The summed E-state index contributed by atoms with van der Waals surface area (Å²) in [6.45, 7) is 5.30. The van der Waals surface area contributed by atoms with E-state index in [4.69, 9.17) is 0 Å². The van der Waals surface area contributed by atoms with Crippen LogP contribution in [0, 0.1) is 34.0 Å². The van der Waals surface area contributed by atoms with Gasteiger partial charge in [-0.15, -0.1) is 0 Å². The minimum atomic E-state index is -0.867. The summed E-state index contributed by atoms with van der Waals surface area (Å²) >= 11 is 0. The van der Waals surface area contributed by atoms with E-state index >= 15 is 0 Å². The van der Waals surface area contributed by atoms with Crippen LogP contribution >= 0.6 is 0 Å². The van der Waals surface area contributed by atoms with Gasteiger partial charge in [-0.2, -0.15) is 5.26 Å². The summed E-state index contributed by atoms with van der Waals surface area (Å²) < 4.78 is 0. The molecule has 0 radical (unpaired) electrons. The molecule has 24 heavy (non-hydrogen) atoms. The molecule has 5 fully saturated rings. The Hall–Kier alpha value is -1.61. The lowest BCUT2D eigenvalue weighted by Gasteiger charge is -2.49. The fraction of sp³-hybridized carbons (Fsp3) is 0.833. The van der Waals surface area contributed by atoms with E-state index in [9.17, 15) is 14.9 Å². The summed E-state index contributed by atoms with van der Waals surface area (Å²) in [7, 11) is 0. The Morgan fingerprint density at radius 1 is 1.29 bits per heavy atom. The molecule has 2 heterocycles. The summed E-state index contributed by atoms with van der Waals surface area (Å²) in [5, 5.41) is 19.1.